The average Bonchev–Trinajstić information content (AvgIpc) is 3.75. The molecule has 1 atom stereocenters. The van der Waals surface area contributed by atoms with E-state index in [0.717, 1.165) is 18.4 Å². The molecule has 3 aromatic carbocycles. The van der Waals surface area contributed by atoms with Gasteiger partial charge in [-0.15, -0.1) is 0 Å². The van der Waals surface area contributed by atoms with E-state index in [0.29, 0.717) is 55.9 Å². The van der Waals surface area contributed by atoms with Gasteiger partial charge in [0.25, 0.3) is 0 Å². The summed E-state index contributed by atoms with van der Waals surface area (Å²) in [5.41, 5.74) is 2.67. The smallest absolute Gasteiger partial charge is 0.335 e. The number of carbonyl (C=O) groups is 2. The molecule has 9 heteroatoms. The number of halogens is 3. The third-order valence-electron chi connectivity index (χ3n) is 7.15. The van der Waals surface area contributed by atoms with Crippen molar-refractivity contribution in [3.63, 3.8) is 0 Å². The standard InChI is InChI=1S/C30H24Cl3NO5/c31-23-2-1-3-24(32)26(23)27(34)22(28(35)15-4-5-15)14-39-18-8-11-20(25(33)13-18)21-10-6-16-12-17(30(37)38)7-9-19(16)29(21)36/h1-3,7-9,11-13,15,21,34-35H,4-6,10,14H2,(H,37,38)/b28-22-,34-27?. The molecule has 0 heterocycles. The molecule has 6 nitrogen and oxygen atoms in total. The quantitative estimate of drug-likeness (QED) is 0.184. The van der Waals surface area contributed by atoms with Crippen LogP contribution >= 0.6 is 34.8 Å². The highest BCUT2D eigenvalue weighted by Gasteiger charge is 2.32. The molecule has 0 aromatic heterocycles. The number of hydrogen-bond acceptors (Lipinski definition) is 5. The van der Waals surface area contributed by atoms with Gasteiger partial charge in [0.05, 0.1) is 26.9 Å². The zero-order valence-electron chi connectivity index (χ0n) is 20.6. The zero-order chi connectivity index (χ0) is 27.8. The van der Waals surface area contributed by atoms with Crippen LogP contribution in [-0.2, 0) is 6.42 Å². The van der Waals surface area contributed by atoms with Crippen molar-refractivity contribution in [1.29, 1.82) is 5.41 Å². The molecular weight excluding hydrogens is 561 g/mol. The Morgan fingerprint density at radius 3 is 2.31 bits per heavy atom. The van der Waals surface area contributed by atoms with Crippen LogP contribution in [-0.4, -0.2) is 34.3 Å². The molecule has 0 radical (unpaired) electrons. The molecule has 0 saturated heterocycles. The number of benzene rings is 3. The number of nitrogens with one attached hydrogen (secondary N) is 1. The van der Waals surface area contributed by atoms with Gasteiger partial charge in [0.2, 0.25) is 0 Å². The summed E-state index contributed by atoms with van der Waals surface area (Å²) in [4.78, 5) is 24.5. The van der Waals surface area contributed by atoms with Crippen LogP contribution in [0.15, 0.2) is 65.9 Å². The lowest BCUT2D eigenvalue weighted by Crippen LogP contribution is -2.22. The minimum absolute atomic E-state index is 0.00441. The van der Waals surface area contributed by atoms with Crippen molar-refractivity contribution in [2.75, 3.05) is 6.61 Å². The predicted molar refractivity (Wildman–Crippen MR) is 151 cm³/mol. The Labute approximate surface area is 240 Å². The number of aryl methyl sites for hydroxylation is 1. The van der Waals surface area contributed by atoms with Crippen LogP contribution in [0.4, 0.5) is 0 Å². The molecular formula is C30H24Cl3NO5. The van der Waals surface area contributed by atoms with E-state index in [1.165, 1.54) is 6.07 Å². The number of aromatic carboxylic acids is 1. The number of fused-ring (bicyclic) bond motifs is 1. The highest BCUT2D eigenvalue weighted by molar-refractivity contribution is 6.41. The fourth-order valence-corrected chi connectivity index (χ4v) is 5.78. The first-order valence-electron chi connectivity index (χ1n) is 12.4. The second kappa shape index (κ2) is 11.0. The third kappa shape index (κ3) is 5.55. The van der Waals surface area contributed by atoms with Crippen LogP contribution in [0, 0.1) is 11.3 Å². The number of allylic oxidation sites excluding steroid dienone is 1. The van der Waals surface area contributed by atoms with E-state index in [2.05, 4.69) is 0 Å². The van der Waals surface area contributed by atoms with Gasteiger partial charge in [-0.2, -0.15) is 0 Å². The molecule has 0 spiro atoms. The Morgan fingerprint density at radius 2 is 1.67 bits per heavy atom. The molecule has 2 aliphatic carbocycles. The summed E-state index contributed by atoms with van der Waals surface area (Å²) < 4.78 is 5.96. The fraction of sp³-hybridized carbons (Fsp3) is 0.233. The highest BCUT2D eigenvalue weighted by Crippen LogP contribution is 2.40. The van der Waals surface area contributed by atoms with E-state index in [-0.39, 0.29) is 35.3 Å². The van der Waals surface area contributed by atoms with Gasteiger partial charge >= 0.3 is 5.97 Å². The van der Waals surface area contributed by atoms with Gasteiger partial charge in [0, 0.05) is 28.0 Å². The fourth-order valence-electron chi connectivity index (χ4n) is 4.89. The van der Waals surface area contributed by atoms with Crippen molar-refractivity contribution < 1.29 is 24.5 Å². The molecule has 3 aromatic rings. The van der Waals surface area contributed by atoms with E-state index < -0.39 is 11.9 Å². The minimum Gasteiger partial charge on any atom is -0.512 e. The molecule has 0 amide bonds. The van der Waals surface area contributed by atoms with Crippen molar-refractivity contribution in [3.8, 4) is 5.75 Å². The van der Waals surface area contributed by atoms with Gasteiger partial charge in [-0.05, 0) is 73.2 Å². The second-order valence-corrected chi connectivity index (χ2v) is 10.9. The van der Waals surface area contributed by atoms with Crippen molar-refractivity contribution in [2.24, 2.45) is 5.92 Å². The SMILES string of the molecule is N=C(/C(COc1ccc(C2CCc3cc(C(=O)O)ccc3C2=O)c(Cl)c1)=C(\O)C1CC1)c1c(Cl)cccc1Cl. The summed E-state index contributed by atoms with van der Waals surface area (Å²) in [6, 6.07) is 14.6. The number of hydrogen-bond donors (Lipinski definition) is 3. The predicted octanol–water partition coefficient (Wildman–Crippen LogP) is 7.93. The summed E-state index contributed by atoms with van der Waals surface area (Å²) >= 11 is 19.3. The molecule has 200 valence electrons. The summed E-state index contributed by atoms with van der Waals surface area (Å²) in [7, 11) is 0. The maximum Gasteiger partial charge on any atom is 0.335 e. The number of ketones is 1. The molecule has 39 heavy (non-hydrogen) atoms. The molecule has 3 N–H and O–H groups in total. The van der Waals surface area contributed by atoms with E-state index >= 15 is 0 Å². The summed E-state index contributed by atoms with van der Waals surface area (Å²) in [6.07, 6.45) is 2.72. The van der Waals surface area contributed by atoms with E-state index in [4.69, 9.17) is 44.9 Å². The van der Waals surface area contributed by atoms with E-state index in [9.17, 15) is 19.8 Å². The summed E-state index contributed by atoms with van der Waals surface area (Å²) in [6.45, 7) is -0.0972. The first-order chi connectivity index (χ1) is 18.7. The van der Waals surface area contributed by atoms with Crippen LogP contribution < -0.4 is 4.74 Å². The minimum atomic E-state index is -1.03. The Kier molecular flexibility index (Phi) is 7.72. The van der Waals surface area contributed by atoms with Gasteiger partial charge in [-0.1, -0.05) is 53.0 Å². The second-order valence-electron chi connectivity index (χ2n) is 9.71. The lowest BCUT2D eigenvalue weighted by atomic mass is 9.78. The lowest BCUT2D eigenvalue weighted by Gasteiger charge is -2.25. The Hall–Kier alpha value is -3.32. The van der Waals surface area contributed by atoms with Gasteiger partial charge in [-0.3, -0.25) is 10.2 Å². The van der Waals surface area contributed by atoms with Crippen LogP contribution in [0.3, 0.4) is 0 Å². The highest BCUT2D eigenvalue weighted by atomic mass is 35.5. The molecule has 1 saturated carbocycles. The lowest BCUT2D eigenvalue weighted by molar-refractivity contribution is 0.0696. The summed E-state index contributed by atoms with van der Waals surface area (Å²) in [5, 5.41) is 29.8. The van der Waals surface area contributed by atoms with Crippen molar-refractivity contribution in [2.45, 2.75) is 31.6 Å². The van der Waals surface area contributed by atoms with Crippen LogP contribution in [0.1, 0.15) is 62.6 Å². The normalized spacial score (nSPS) is 17.3. The Balaban J connectivity index is 1.35. The monoisotopic (exact) mass is 583 g/mol. The zero-order valence-corrected chi connectivity index (χ0v) is 22.9. The number of rotatable bonds is 8. The van der Waals surface area contributed by atoms with Crippen molar-refractivity contribution >= 4 is 52.3 Å². The number of aliphatic hydroxyl groups is 1. The number of aliphatic hydroxyl groups excluding tert-OH is 1. The molecule has 1 unspecified atom stereocenters. The number of Topliss-reactive ketones (excluding diaryl/α,β-unsaturated/α-hetero) is 1. The summed E-state index contributed by atoms with van der Waals surface area (Å²) in [5.74, 6) is -1.11. The first-order valence-corrected chi connectivity index (χ1v) is 13.6. The largest absolute Gasteiger partial charge is 0.512 e. The average molecular weight is 585 g/mol. The topological polar surface area (TPSA) is 108 Å². The van der Waals surface area contributed by atoms with Gasteiger partial charge in [0.1, 0.15) is 18.1 Å². The van der Waals surface area contributed by atoms with Crippen LogP contribution in [0.25, 0.3) is 0 Å². The molecule has 5 rings (SSSR count). The van der Waals surface area contributed by atoms with E-state index in [1.807, 2.05) is 0 Å². The third-order valence-corrected chi connectivity index (χ3v) is 8.11. The number of carbonyl (C=O) groups excluding carboxylic acids is 1. The van der Waals surface area contributed by atoms with Crippen LogP contribution in [0.5, 0.6) is 5.75 Å². The van der Waals surface area contributed by atoms with Gasteiger partial charge in [0.15, 0.2) is 5.78 Å². The molecule has 1 fully saturated rings. The number of carboxylic acids is 1. The van der Waals surface area contributed by atoms with Gasteiger partial charge < -0.3 is 14.9 Å². The van der Waals surface area contributed by atoms with E-state index in [1.54, 1.807) is 48.5 Å². The van der Waals surface area contributed by atoms with Crippen LogP contribution in [0.2, 0.25) is 15.1 Å². The molecule has 0 aliphatic heterocycles. The maximum atomic E-state index is 13.2. The molecule has 2 aliphatic rings. The first kappa shape index (κ1) is 27.3. The number of carboxylic acid groups (broad SMARTS) is 1. The van der Waals surface area contributed by atoms with Crippen molar-refractivity contribution in [1.82, 2.24) is 0 Å². The number of ether oxygens (including phenoxy) is 1. The Morgan fingerprint density at radius 1 is 0.949 bits per heavy atom. The van der Waals surface area contributed by atoms with Gasteiger partial charge in [-0.25, -0.2) is 4.79 Å². The maximum absolute atomic E-state index is 13.2. The Bertz CT molecular complexity index is 1520. The van der Waals surface area contributed by atoms with Crippen molar-refractivity contribution in [3.05, 3.63) is 109 Å². The molecule has 0 bridgehead atoms.